The maximum Gasteiger partial charge on any atom is 2.00 e. The first kappa shape index (κ1) is 36.1. The van der Waals surface area contributed by atoms with Gasteiger partial charge in [-0.15, -0.1) is 0 Å². The maximum absolute atomic E-state index is 6.83. The molecule has 0 saturated heterocycles. The first-order chi connectivity index (χ1) is 13.6. The van der Waals surface area contributed by atoms with E-state index in [0.717, 1.165) is 12.5 Å². The van der Waals surface area contributed by atoms with Crippen LogP contribution in [-0.4, -0.2) is 58.8 Å². The molecular formula is C27H60Mg2O. The quantitative estimate of drug-likeness (QED) is 0.125. The van der Waals surface area contributed by atoms with Crippen LogP contribution in [0.3, 0.4) is 0 Å². The minimum atomic E-state index is 0. The van der Waals surface area contributed by atoms with E-state index in [1.807, 2.05) is 0 Å². The molecule has 3 heteroatoms. The zero-order chi connectivity index (χ0) is 21.1. The van der Waals surface area contributed by atoms with Crippen LogP contribution in [0.4, 0.5) is 0 Å². The van der Waals surface area contributed by atoms with E-state index in [9.17, 15) is 0 Å². The van der Waals surface area contributed by atoms with Crippen LogP contribution in [0.25, 0.3) is 0 Å². The van der Waals surface area contributed by atoms with E-state index < -0.39 is 0 Å². The van der Waals surface area contributed by atoms with Gasteiger partial charge < -0.3 is 10.4 Å². The van der Waals surface area contributed by atoms with Crippen molar-refractivity contribution >= 4 is 46.1 Å². The smallest absolute Gasteiger partial charge is 1.00 e. The van der Waals surface area contributed by atoms with Gasteiger partial charge >= 0.3 is 46.1 Å². The summed E-state index contributed by atoms with van der Waals surface area (Å²) in [7, 11) is 0. The molecule has 30 heavy (non-hydrogen) atoms. The molecule has 0 aromatic heterocycles. The SMILES string of the molecule is CCCCCCCC(CC)(CCCC)C(CCCC)OCC(CC)CCCC.[H-].[H-].[H-].[H-].[Mg+2].[Mg+2]. The van der Waals surface area contributed by atoms with Crippen molar-refractivity contribution < 1.29 is 10.4 Å². The molecule has 0 aromatic rings. The van der Waals surface area contributed by atoms with Crippen LogP contribution in [-0.2, 0) is 4.74 Å². The number of ether oxygens (including phenoxy) is 1. The van der Waals surface area contributed by atoms with Crippen molar-refractivity contribution in [1.29, 1.82) is 0 Å². The third-order valence-corrected chi connectivity index (χ3v) is 7.09. The van der Waals surface area contributed by atoms with Gasteiger partial charge in [0.25, 0.3) is 0 Å². The average molecular weight is 449 g/mol. The minimum absolute atomic E-state index is 0. The predicted octanol–water partition coefficient (Wildman–Crippen LogP) is 9.41. The summed E-state index contributed by atoms with van der Waals surface area (Å²) in [5.74, 6) is 0.759. The Kier molecular flexibility index (Phi) is 30.2. The van der Waals surface area contributed by atoms with Gasteiger partial charge in [0, 0.05) is 6.61 Å². The third-order valence-electron chi connectivity index (χ3n) is 7.09. The van der Waals surface area contributed by atoms with Crippen molar-refractivity contribution in [2.75, 3.05) is 6.61 Å². The number of rotatable bonds is 21. The molecule has 0 fully saturated rings. The molecule has 1 nitrogen and oxygen atoms in total. The molecule has 0 heterocycles. The van der Waals surface area contributed by atoms with Gasteiger partial charge in [0.1, 0.15) is 0 Å². The normalized spacial score (nSPS) is 15.0. The first-order valence-corrected chi connectivity index (χ1v) is 13.2. The predicted molar refractivity (Wildman–Crippen MR) is 144 cm³/mol. The second kappa shape index (κ2) is 25.1. The van der Waals surface area contributed by atoms with Crippen LogP contribution in [0.5, 0.6) is 0 Å². The molecule has 178 valence electrons. The molecule has 0 aliphatic rings. The van der Waals surface area contributed by atoms with Crippen LogP contribution < -0.4 is 0 Å². The summed E-state index contributed by atoms with van der Waals surface area (Å²) >= 11 is 0. The van der Waals surface area contributed by atoms with Crippen LogP contribution in [0.2, 0.25) is 0 Å². The average Bonchev–Trinajstić information content (AvgIpc) is 2.72. The molecule has 0 bridgehead atoms. The molecule has 0 saturated carbocycles. The summed E-state index contributed by atoms with van der Waals surface area (Å²) < 4.78 is 6.83. The van der Waals surface area contributed by atoms with Crippen LogP contribution in [0, 0.1) is 11.3 Å². The fraction of sp³-hybridized carbons (Fsp3) is 1.00. The first-order valence-electron chi connectivity index (χ1n) is 13.2. The van der Waals surface area contributed by atoms with Gasteiger partial charge in [-0.05, 0) is 43.4 Å². The Morgan fingerprint density at radius 1 is 0.633 bits per heavy atom. The van der Waals surface area contributed by atoms with Crippen molar-refractivity contribution in [2.24, 2.45) is 11.3 Å². The van der Waals surface area contributed by atoms with Gasteiger partial charge in [0.2, 0.25) is 0 Å². The fourth-order valence-electron chi connectivity index (χ4n) is 4.74. The van der Waals surface area contributed by atoms with E-state index >= 15 is 0 Å². The van der Waals surface area contributed by atoms with E-state index in [-0.39, 0.29) is 51.8 Å². The standard InChI is InChI=1S/C27H56O.2Mg.4H/c1-7-13-17-18-19-23-27(12-6,22-16-10-4)26(21-15-9-3)28-24-25(11-5)20-14-8-2;;;;;;/h25-26H,7-24H2,1-6H3;;;;;;/q;2*+2;4*-1. The Labute approximate surface area is 230 Å². The topological polar surface area (TPSA) is 9.23 Å². The van der Waals surface area contributed by atoms with E-state index in [2.05, 4.69) is 41.5 Å². The zero-order valence-corrected chi connectivity index (χ0v) is 25.0. The monoisotopic (exact) mass is 448 g/mol. The van der Waals surface area contributed by atoms with Crippen molar-refractivity contribution in [1.82, 2.24) is 0 Å². The van der Waals surface area contributed by atoms with E-state index in [4.69, 9.17) is 4.74 Å². The molecule has 0 aliphatic carbocycles. The summed E-state index contributed by atoms with van der Waals surface area (Å²) in [5, 5.41) is 0. The molecule has 0 spiro atoms. The minimum Gasteiger partial charge on any atom is -1.00 e. The van der Waals surface area contributed by atoms with Gasteiger partial charge in [0.05, 0.1) is 6.10 Å². The zero-order valence-electron chi connectivity index (χ0n) is 26.2. The molecule has 0 N–H and O–H groups in total. The van der Waals surface area contributed by atoms with E-state index in [0.29, 0.717) is 11.5 Å². The Morgan fingerprint density at radius 2 is 1.17 bits per heavy atom. The Hall–Kier alpha value is 1.49. The van der Waals surface area contributed by atoms with Crippen LogP contribution in [0.1, 0.15) is 156 Å². The summed E-state index contributed by atoms with van der Waals surface area (Å²) in [5.41, 5.74) is 0.417. The molecule has 3 unspecified atom stereocenters. The second-order valence-corrected chi connectivity index (χ2v) is 9.36. The van der Waals surface area contributed by atoms with Crippen LogP contribution in [0.15, 0.2) is 0 Å². The molecule has 0 amide bonds. The number of hydrogen-bond donors (Lipinski definition) is 0. The Morgan fingerprint density at radius 3 is 1.70 bits per heavy atom. The summed E-state index contributed by atoms with van der Waals surface area (Å²) in [6.07, 6.45) is 23.3. The fourth-order valence-corrected chi connectivity index (χ4v) is 4.74. The van der Waals surface area contributed by atoms with Gasteiger partial charge in [-0.25, -0.2) is 0 Å². The Balaban J connectivity index is -0.000000243. The van der Waals surface area contributed by atoms with E-state index in [1.54, 1.807) is 0 Å². The molecule has 0 aliphatic heterocycles. The van der Waals surface area contributed by atoms with Gasteiger partial charge in [-0.1, -0.05) is 119 Å². The Bertz CT molecular complexity index is 342. The maximum atomic E-state index is 6.83. The summed E-state index contributed by atoms with van der Waals surface area (Å²) in [6, 6.07) is 0. The molecule has 3 atom stereocenters. The molecule has 0 aromatic carbocycles. The van der Waals surface area contributed by atoms with Gasteiger partial charge in [-0.2, -0.15) is 0 Å². The summed E-state index contributed by atoms with van der Waals surface area (Å²) in [6.45, 7) is 15.1. The van der Waals surface area contributed by atoms with Gasteiger partial charge in [0.15, 0.2) is 0 Å². The van der Waals surface area contributed by atoms with Crippen molar-refractivity contribution in [3.05, 3.63) is 0 Å². The number of unbranched alkanes of at least 4 members (excludes halogenated alkanes) is 7. The molecule has 0 rings (SSSR count). The van der Waals surface area contributed by atoms with Crippen molar-refractivity contribution in [3.63, 3.8) is 0 Å². The molecular weight excluding hydrogens is 389 g/mol. The van der Waals surface area contributed by atoms with E-state index in [1.165, 1.54) is 109 Å². The van der Waals surface area contributed by atoms with Crippen LogP contribution >= 0.6 is 0 Å². The van der Waals surface area contributed by atoms with Crippen molar-refractivity contribution in [3.8, 4) is 0 Å². The summed E-state index contributed by atoms with van der Waals surface area (Å²) in [4.78, 5) is 0. The van der Waals surface area contributed by atoms with Gasteiger partial charge in [-0.3, -0.25) is 0 Å². The third kappa shape index (κ3) is 16.2. The number of hydrogen-bond acceptors (Lipinski definition) is 1. The largest absolute Gasteiger partial charge is 2.00 e. The second-order valence-electron chi connectivity index (χ2n) is 9.36. The molecule has 0 radical (unpaired) electrons. The van der Waals surface area contributed by atoms with Crippen molar-refractivity contribution in [2.45, 2.75) is 157 Å².